The number of nitrogens with zero attached hydrogens (tertiary/aromatic N) is 3. The predicted molar refractivity (Wildman–Crippen MR) is 126 cm³/mol. The third-order valence-electron chi connectivity index (χ3n) is 5.41. The first-order chi connectivity index (χ1) is 14.9. The van der Waals surface area contributed by atoms with Gasteiger partial charge >= 0.3 is 0 Å². The third-order valence-corrected chi connectivity index (χ3v) is 5.41. The van der Waals surface area contributed by atoms with Crippen LogP contribution in [-0.4, -0.2) is 40.2 Å². The number of hydrogen-bond donors (Lipinski definition) is 2. The second-order valence-electron chi connectivity index (χ2n) is 8.85. The highest BCUT2D eigenvalue weighted by atomic mass is 16.5. The van der Waals surface area contributed by atoms with Crippen molar-refractivity contribution in [3.05, 3.63) is 30.1 Å². The molecule has 0 aliphatic heterocycles. The van der Waals surface area contributed by atoms with Crippen LogP contribution in [-0.2, 0) is 22.5 Å². The van der Waals surface area contributed by atoms with Crippen LogP contribution in [0.1, 0.15) is 52.8 Å². The molecule has 2 heterocycles. The summed E-state index contributed by atoms with van der Waals surface area (Å²) >= 11 is 0. The summed E-state index contributed by atoms with van der Waals surface area (Å²) in [6.45, 7) is 10.8. The Labute approximate surface area is 184 Å². The Bertz CT molecular complexity index is 1040. The third kappa shape index (κ3) is 5.53. The molecule has 0 saturated heterocycles. The topological polar surface area (TPSA) is 95.1 Å². The van der Waals surface area contributed by atoms with Gasteiger partial charge in [-0.15, -0.1) is 0 Å². The summed E-state index contributed by atoms with van der Waals surface area (Å²) < 4.78 is 8.21. The molecule has 3 aromatic rings. The quantitative estimate of drug-likeness (QED) is 0.451. The maximum atomic E-state index is 11.4. The lowest BCUT2D eigenvalue weighted by Gasteiger charge is -2.26. The van der Waals surface area contributed by atoms with Crippen LogP contribution in [0.15, 0.2) is 24.3 Å². The van der Waals surface area contributed by atoms with E-state index in [0.717, 1.165) is 53.6 Å². The van der Waals surface area contributed by atoms with Gasteiger partial charge in [-0.3, -0.25) is 4.79 Å². The molecule has 7 heteroatoms. The van der Waals surface area contributed by atoms with Gasteiger partial charge in [-0.05, 0) is 12.5 Å². The van der Waals surface area contributed by atoms with Gasteiger partial charge in [0.1, 0.15) is 11.3 Å². The summed E-state index contributed by atoms with van der Waals surface area (Å²) in [7, 11) is 0. The SMILES string of the molecule is CCCCc1nc2c(N)nc3ccccc3c2n1CC(C)(C)COCCNC(=O)CC. The molecule has 1 aromatic carbocycles. The van der Waals surface area contributed by atoms with E-state index in [1.54, 1.807) is 0 Å². The molecule has 0 aliphatic carbocycles. The fraction of sp³-hybridized carbons (Fsp3) is 0.542. The Kier molecular flexibility index (Phi) is 7.49. The van der Waals surface area contributed by atoms with Crippen molar-refractivity contribution in [2.75, 3.05) is 25.5 Å². The number of ether oxygens (including phenoxy) is 1. The fourth-order valence-electron chi connectivity index (χ4n) is 3.81. The number of hydrogen-bond acceptors (Lipinski definition) is 5. The number of imidazole rings is 1. The lowest BCUT2D eigenvalue weighted by molar-refractivity contribution is -0.121. The molecule has 3 rings (SSSR count). The molecule has 0 saturated carbocycles. The molecule has 0 unspecified atom stereocenters. The van der Waals surface area contributed by atoms with Crippen LogP contribution in [0.25, 0.3) is 21.9 Å². The first-order valence-electron chi connectivity index (χ1n) is 11.2. The number of anilines is 1. The number of fused-ring (bicyclic) bond motifs is 3. The fourth-order valence-corrected chi connectivity index (χ4v) is 3.81. The molecular formula is C24H35N5O2. The zero-order valence-electron chi connectivity index (χ0n) is 19.2. The first kappa shape index (κ1) is 23.0. The van der Waals surface area contributed by atoms with Crippen LogP contribution in [0.3, 0.4) is 0 Å². The average molecular weight is 426 g/mol. The molecule has 1 amide bonds. The molecule has 0 atom stereocenters. The van der Waals surface area contributed by atoms with Crippen LogP contribution in [0.4, 0.5) is 5.82 Å². The Morgan fingerprint density at radius 1 is 1.23 bits per heavy atom. The Morgan fingerprint density at radius 2 is 2.00 bits per heavy atom. The zero-order valence-corrected chi connectivity index (χ0v) is 19.2. The largest absolute Gasteiger partial charge is 0.382 e. The molecule has 168 valence electrons. The number of amides is 1. The summed E-state index contributed by atoms with van der Waals surface area (Å²) in [5.41, 5.74) is 8.90. The second-order valence-corrected chi connectivity index (χ2v) is 8.85. The number of nitrogen functional groups attached to an aromatic ring is 1. The van der Waals surface area contributed by atoms with E-state index in [0.29, 0.717) is 32.0 Å². The van der Waals surface area contributed by atoms with Gasteiger partial charge in [0.15, 0.2) is 5.82 Å². The molecule has 3 N–H and O–H groups in total. The summed E-state index contributed by atoms with van der Waals surface area (Å²) in [5.74, 6) is 1.57. The van der Waals surface area contributed by atoms with Crippen LogP contribution in [0.5, 0.6) is 0 Å². The van der Waals surface area contributed by atoms with Crippen molar-refractivity contribution >= 4 is 33.7 Å². The van der Waals surface area contributed by atoms with Crippen LogP contribution in [0, 0.1) is 5.41 Å². The number of carbonyl (C=O) groups is 1. The number of benzene rings is 1. The molecule has 0 aliphatic rings. The van der Waals surface area contributed by atoms with E-state index < -0.39 is 0 Å². The Balaban J connectivity index is 1.87. The number of rotatable bonds is 11. The van der Waals surface area contributed by atoms with Crippen molar-refractivity contribution in [1.82, 2.24) is 19.9 Å². The standard InChI is InChI=1S/C24H35N5O2/c1-5-7-12-19-28-21-22(17-10-8-9-11-18(17)27-23(21)25)29(19)15-24(3,4)16-31-14-13-26-20(30)6-2/h8-11H,5-7,12-16H2,1-4H3,(H2,25,27)(H,26,30). The smallest absolute Gasteiger partial charge is 0.219 e. The second kappa shape index (κ2) is 10.1. The van der Waals surface area contributed by atoms with E-state index in [-0.39, 0.29) is 11.3 Å². The molecule has 0 spiro atoms. The van der Waals surface area contributed by atoms with Gasteiger partial charge in [-0.25, -0.2) is 9.97 Å². The number of aryl methyl sites for hydroxylation is 1. The highest BCUT2D eigenvalue weighted by Gasteiger charge is 2.24. The molecular weight excluding hydrogens is 390 g/mol. The molecule has 0 bridgehead atoms. The van der Waals surface area contributed by atoms with Gasteiger partial charge < -0.3 is 20.4 Å². The highest BCUT2D eigenvalue weighted by Crippen LogP contribution is 2.32. The number of carbonyl (C=O) groups excluding carboxylic acids is 1. The minimum Gasteiger partial charge on any atom is -0.382 e. The first-order valence-corrected chi connectivity index (χ1v) is 11.2. The lowest BCUT2D eigenvalue weighted by atomic mass is 9.94. The number of para-hydroxylation sites is 1. The molecule has 7 nitrogen and oxygen atoms in total. The van der Waals surface area contributed by atoms with E-state index in [9.17, 15) is 4.79 Å². The number of pyridine rings is 1. The molecule has 31 heavy (non-hydrogen) atoms. The Hall–Kier alpha value is -2.67. The summed E-state index contributed by atoms with van der Waals surface area (Å²) in [6.07, 6.45) is 3.57. The predicted octanol–water partition coefficient (Wildman–Crippen LogP) is 4.08. The van der Waals surface area contributed by atoms with Crippen LogP contribution >= 0.6 is 0 Å². The van der Waals surface area contributed by atoms with Gasteiger partial charge in [-0.2, -0.15) is 0 Å². The molecule has 0 fully saturated rings. The maximum absolute atomic E-state index is 11.4. The van der Waals surface area contributed by atoms with Gasteiger partial charge in [0.05, 0.1) is 24.2 Å². The molecule has 0 radical (unpaired) electrons. The molecule has 2 aromatic heterocycles. The summed E-state index contributed by atoms with van der Waals surface area (Å²) in [5, 5.41) is 3.92. The minimum atomic E-state index is -0.123. The van der Waals surface area contributed by atoms with Crippen LogP contribution < -0.4 is 11.1 Å². The number of nitrogens with two attached hydrogens (primary N) is 1. The monoisotopic (exact) mass is 425 g/mol. The highest BCUT2D eigenvalue weighted by molar-refractivity contribution is 6.06. The van der Waals surface area contributed by atoms with Gasteiger partial charge in [0.2, 0.25) is 5.91 Å². The van der Waals surface area contributed by atoms with E-state index >= 15 is 0 Å². The average Bonchev–Trinajstić information content (AvgIpc) is 3.10. The number of nitrogens with one attached hydrogen (secondary N) is 1. The van der Waals surface area contributed by atoms with E-state index in [1.165, 1.54) is 0 Å². The number of unbranched alkanes of at least 4 members (excludes halogenated alkanes) is 1. The number of aromatic nitrogens is 3. The van der Waals surface area contributed by atoms with Gasteiger partial charge in [0.25, 0.3) is 0 Å². The van der Waals surface area contributed by atoms with E-state index in [4.69, 9.17) is 15.5 Å². The van der Waals surface area contributed by atoms with Crippen molar-refractivity contribution in [2.24, 2.45) is 5.41 Å². The Morgan fingerprint density at radius 3 is 2.74 bits per heavy atom. The van der Waals surface area contributed by atoms with Crippen molar-refractivity contribution < 1.29 is 9.53 Å². The minimum absolute atomic E-state index is 0.0476. The summed E-state index contributed by atoms with van der Waals surface area (Å²) in [4.78, 5) is 20.9. The van der Waals surface area contributed by atoms with Crippen molar-refractivity contribution in [2.45, 2.75) is 59.9 Å². The van der Waals surface area contributed by atoms with Gasteiger partial charge in [-0.1, -0.05) is 52.3 Å². The van der Waals surface area contributed by atoms with E-state index in [2.05, 4.69) is 41.7 Å². The van der Waals surface area contributed by atoms with Crippen molar-refractivity contribution in [3.63, 3.8) is 0 Å². The van der Waals surface area contributed by atoms with Crippen LogP contribution in [0.2, 0.25) is 0 Å². The van der Waals surface area contributed by atoms with Gasteiger partial charge in [0, 0.05) is 36.7 Å². The zero-order chi connectivity index (χ0) is 22.4. The lowest BCUT2D eigenvalue weighted by Crippen LogP contribution is -2.30. The normalized spacial score (nSPS) is 12.0. The van der Waals surface area contributed by atoms with E-state index in [1.807, 2.05) is 25.1 Å². The van der Waals surface area contributed by atoms with Crippen molar-refractivity contribution in [3.8, 4) is 0 Å². The maximum Gasteiger partial charge on any atom is 0.219 e. The summed E-state index contributed by atoms with van der Waals surface area (Å²) in [6, 6.07) is 8.09. The van der Waals surface area contributed by atoms with Crippen molar-refractivity contribution in [1.29, 1.82) is 0 Å².